The average molecular weight is 258 g/mol. The van der Waals surface area contributed by atoms with Crippen LogP contribution in [0.15, 0.2) is 16.5 Å². The first kappa shape index (κ1) is 12.2. The fourth-order valence-corrected chi connectivity index (χ4v) is 2.82. The molecule has 0 radical (unpaired) electrons. The minimum atomic E-state index is 0.0314. The van der Waals surface area contributed by atoms with Gasteiger partial charge < -0.3 is 15.5 Å². The molecule has 1 amide bonds. The van der Waals surface area contributed by atoms with E-state index in [-0.39, 0.29) is 11.8 Å². The van der Waals surface area contributed by atoms with Gasteiger partial charge in [-0.25, -0.2) is 0 Å². The van der Waals surface area contributed by atoms with Gasteiger partial charge in [0, 0.05) is 16.9 Å². The third kappa shape index (κ3) is 1.83. The molecule has 0 fully saturated rings. The zero-order chi connectivity index (χ0) is 13.6. The Labute approximate surface area is 112 Å². The zero-order valence-electron chi connectivity index (χ0n) is 11.2. The summed E-state index contributed by atoms with van der Waals surface area (Å²) in [7, 11) is 0. The summed E-state index contributed by atoms with van der Waals surface area (Å²) in [6.07, 6.45) is 1.58. The van der Waals surface area contributed by atoms with Crippen molar-refractivity contribution in [3.05, 3.63) is 29.0 Å². The van der Waals surface area contributed by atoms with Crippen LogP contribution < -0.4 is 11.1 Å². The SMILES string of the molecule is CCC1Cc2c(c(C)cc3cc(CN)oc23)NC1=O. The highest BCUT2D eigenvalue weighted by molar-refractivity contribution is 6.01. The van der Waals surface area contributed by atoms with Crippen LogP contribution in [-0.2, 0) is 17.8 Å². The van der Waals surface area contributed by atoms with E-state index in [0.29, 0.717) is 6.54 Å². The maximum absolute atomic E-state index is 12.0. The molecule has 3 N–H and O–H groups in total. The number of hydrogen-bond donors (Lipinski definition) is 2. The van der Waals surface area contributed by atoms with Gasteiger partial charge in [-0.3, -0.25) is 4.79 Å². The molecule has 1 atom stereocenters. The van der Waals surface area contributed by atoms with E-state index >= 15 is 0 Å². The third-order valence-corrected chi connectivity index (χ3v) is 3.92. The van der Waals surface area contributed by atoms with E-state index in [0.717, 1.165) is 46.4 Å². The number of carbonyl (C=O) groups is 1. The number of anilines is 1. The van der Waals surface area contributed by atoms with Crippen LogP contribution in [0.25, 0.3) is 11.0 Å². The first-order valence-electron chi connectivity index (χ1n) is 6.69. The topological polar surface area (TPSA) is 68.3 Å². The van der Waals surface area contributed by atoms with Crippen LogP contribution in [0.1, 0.15) is 30.2 Å². The second-order valence-electron chi connectivity index (χ2n) is 5.18. The summed E-state index contributed by atoms with van der Waals surface area (Å²) in [5, 5.41) is 4.09. The van der Waals surface area contributed by atoms with Crippen molar-refractivity contribution in [3.63, 3.8) is 0 Å². The smallest absolute Gasteiger partial charge is 0.227 e. The average Bonchev–Trinajstić information content (AvgIpc) is 2.81. The molecule has 4 heteroatoms. The van der Waals surface area contributed by atoms with Crippen molar-refractivity contribution in [2.45, 2.75) is 33.2 Å². The van der Waals surface area contributed by atoms with Crippen LogP contribution >= 0.6 is 0 Å². The molecule has 0 aliphatic carbocycles. The van der Waals surface area contributed by atoms with Crippen LogP contribution in [-0.4, -0.2) is 5.91 Å². The van der Waals surface area contributed by atoms with Crippen LogP contribution in [0.4, 0.5) is 5.69 Å². The van der Waals surface area contributed by atoms with Crippen molar-refractivity contribution in [1.82, 2.24) is 0 Å². The van der Waals surface area contributed by atoms with Gasteiger partial charge in [0.15, 0.2) is 0 Å². The highest BCUT2D eigenvalue weighted by Crippen LogP contribution is 2.37. The number of hydrogen-bond acceptors (Lipinski definition) is 3. The minimum Gasteiger partial charge on any atom is -0.459 e. The lowest BCUT2D eigenvalue weighted by Gasteiger charge is -2.25. The Bertz CT molecular complexity index is 658. The van der Waals surface area contributed by atoms with E-state index in [1.54, 1.807) is 0 Å². The Kier molecular flexibility index (Phi) is 2.82. The molecule has 1 unspecified atom stereocenters. The Hall–Kier alpha value is -1.81. The number of rotatable bonds is 2. The van der Waals surface area contributed by atoms with Crippen molar-refractivity contribution in [2.24, 2.45) is 11.7 Å². The number of carbonyl (C=O) groups excluding carboxylic acids is 1. The van der Waals surface area contributed by atoms with Crippen molar-refractivity contribution in [2.75, 3.05) is 5.32 Å². The second kappa shape index (κ2) is 4.38. The molecule has 3 rings (SSSR count). The normalized spacial score (nSPS) is 18.5. The van der Waals surface area contributed by atoms with Gasteiger partial charge in [-0.1, -0.05) is 6.92 Å². The van der Waals surface area contributed by atoms with Gasteiger partial charge in [0.2, 0.25) is 5.91 Å². The predicted octanol–water partition coefficient (Wildman–Crippen LogP) is 2.72. The maximum Gasteiger partial charge on any atom is 0.227 e. The zero-order valence-corrected chi connectivity index (χ0v) is 11.2. The lowest BCUT2D eigenvalue weighted by Crippen LogP contribution is -2.30. The van der Waals surface area contributed by atoms with Gasteiger partial charge in [-0.05, 0) is 37.5 Å². The van der Waals surface area contributed by atoms with Gasteiger partial charge >= 0.3 is 0 Å². The molecule has 0 bridgehead atoms. The molecule has 1 aliphatic heterocycles. The van der Waals surface area contributed by atoms with Gasteiger partial charge in [0.25, 0.3) is 0 Å². The van der Waals surface area contributed by atoms with E-state index in [9.17, 15) is 4.79 Å². The molecule has 4 nitrogen and oxygen atoms in total. The van der Waals surface area contributed by atoms with Gasteiger partial charge in [-0.2, -0.15) is 0 Å². The largest absolute Gasteiger partial charge is 0.459 e. The van der Waals surface area contributed by atoms with Crippen molar-refractivity contribution in [1.29, 1.82) is 0 Å². The molecular weight excluding hydrogens is 240 g/mol. The monoisotopic (exact) mass is 258 g/mol. The van der Waals surface area contributed by atoms with E-state index in [1.807, 2.05) is 26.0 Å². The molecule has 1 aromatic carbocycles. The number of amides is 1. The van der Waals surface area contributed by atoms with Crippen LogP contribution in [0, 0.1) is 12.8 Å². The molecule has 100 valence electrons. The molecule has 0 spiro atoms. The summed E-state index contributed by atoms with van der Waals surface area (Å²) in [4.78, 5) is 12.0. The summed E-state index contributed by atoms with van der Waals surface area (Å²) in [6.45, 7) is 4.45. The molecule has 0 saturated carbocycles. The van der Waals surface area contributed by atoms with E-state index < -0.39 is 0 Å². The fourth-order valence-electron chi connectivity index (χ4n) is 2.82. The van der Waals surface area contributed by atoms with E-state index in [2.05, 4.69) is 5.32 Å². The summed E-state index contributed by atoms with van der Waals surface area (Å²) in [5.41, 5.74) is 9.62. The first-order valence-corrected chi connectivity index (χ1v) is 6.69. The lowest BCUT2D eigenvalue weighted by atomic mass is 9.89. The second-order valence-corrected chi connectivity index (χ2v) is 5.18. The third-order valence-electron chi connectivity index (χ3n) is 3.92. The Morgan fingerprint density at radius 2 is 2.26 bits per heavy atom. The lowest BCUT2D eigenvalue weighted by molar-refractivity contribution is -0.120. The molecule has 2 aromatic rings. The molecule has 2 heterocycles. The number of nitrogens with two attached hydrogens (primary N) is 1. The quantitative estimate of drug-likeness (QED) is 0.870. The predicted molar refractivity (Wildman–Crippen MR) is 75.0 cm³/mol. The van der Waals surface area contributed by atoms with E-state index in [1.165, 1.54) is 0 Å². The number of nitrogens with one attached hydrogen (secondary N) is 1. The molecule has 1 aromatic heterocycles. The van der Waals surface area contributed by atoms with Crippen LogP contribution in [0.2, 0.25) is 0 Å². The summed E-state index contributed by atoms with van der Waals surface area (Å²) < 4.78 is 5.82. The van der Waals surface area contributed by atoms with Gasteiger partial charge in [0.05, 0.1) is 12.2 Å². The Morgan fingerprint density at radius 1 is 1.47 bits per heavy atom. The molecule has 19 heavy (non-hydrogen) atoms. The van der Waals surface area contributed by atoms with Crippen LogP contribution in [0.3, 0.4) is 0 Å². The van der Waals surface area contributed by atoms with E-state index in [4.69, 9.17) is 10.2 Å². The standard InChI is InChI=1S/C15H18N2O2/c1-3-9-6-12-13(17-15(9)18)8(2)4-10-5-11(7-16)19-14(10)12/h4-5,9H,3,6-7,16H2,1-2H3,(H,17,18). The number of fused-ring (bicyclic) bond motifs is 3. The summed E-state index contributed by atoms with van der Waals surface area (Å²) in [5.74, 6) is 0.930. The molecular formula is C15H18N2O2. The minimum absolute atomic E-state index is 0.0314. The summed E-state index contributed by atoms with van der Waals surface area (Å²) >= 11 is 0. The van der Waals surface area contributed by atoms with Crippen LogP contribution in [0.5, 0.6) is 0 Å². The van der Waals surface area contributed by atoms with Crippen molar-refractivity contribution in [3.8, 4) is 0 Å². The first-order chi connectivity index (χ1) is 9.13. The van der Waals surface area contributed by atoms with Crippen molar-refractivity contribution < 1.29 is 9.21 Å². The van der Waals surface area contributed by atoms with Crippen molar-refractivity contribution >= 4 is 22.6 Å². The summed E-state index contributed by atoms with van der Waals surface area (Å²) in [6, 6.07) is 4.03. The van der Waals surface area contributed by atoms with Gasteiger partial charge in [0.1, 0.15) is 11.3 Å². The Balaban J connectivity index is 2.22. The number of aryl methyl sites for hydroxylation is 1. The number of benzene rings is 1. The number of furan rings is 1. The highest BCUT2D eigenvalue weighted by Gasteiger charge is 2.28. The Morgan fingerprint density at radius 3 is 2.95 bits per heavy atom. The molecule has 1 aliphatic rings. The highest BCUT2D eigenvalue weighted by atomic mass is 16.3. The fraction of sp³-hybridized carbons (Fsp3) is 0.400. The maximum atomic E-state index is 12.0. The van der Waals surface area contributed by atoms with Gasteiger partial charge in [-0.15, -0.1) is 0 Å². The molecule has 0 saturated heterocycles.